The summed E-state index contributed by atoms with van der Waals surface area (Å²) >= 11 is 7.59. The van der Waals surface area contributed by atoms with Crippen molar-refractivity contribution < 1.29 is 9.90 Å². The lowest BCUT2D eigenvalue weighted by Crippen LogP contribution is -2.33. The number of aliphatic carboxylic acids is 1. The monoisotopic (exact) mass is 495 g/mol. The van der Waals surface area contributed by atoms with Crippen LogP contribution in [0.5, 0.6) is 0 Å². The topological polar surface area (TPSA) is 49.3 Å². The summed E-state index contributed by atoms with van der Waals surface area (Å²) in [4.78, 5) is 12.6. The van der Waals surface area contributed by atoms with Gasteiger partial charge in [0.2, 0.25) is 0 Å². The molecule has 2 unspecified atom stereocenters. The van der Waals surface area contributed by atoms with Crippen LogP contribution in [0.25, 0.3) is 0 Å². The molecule has 1 aliphatic heterocycles. The lowest BCUT2D eigenvalue weighted by molar-refractivity contribution is -0.133. The van der Waals surface area contributed by atoms with Gasteiger partial charge in [-0.3, -0.25) is 5.32 Å². The summed E-state index contributed by atoms with van der Waals surface area (Å²) in [5.74, 6) is -0.871. The van der Waals surface area contributed by atoms with E-state index in [4.69, 9.17) is 0 Å². The Labute approximate surface area is 197 Å². The first-order valence-corrected chi connectivity index (χ1v) is 11.3. The summed E-state index contributed by atoms with van der Waals surface area (Å²) in [6, 6.07) is 24.0. The van der Waals surface area contributed by atoms with E-state index in [-0.39, 0.29) is 12.1 Å². The summed E-state index contributed by atoms with van der Waals surface area (Å²) in [6.07, 6.45) is 2.52. The summed E-state index contributed by atoms with van der Waals surface area (Å²) < 4.78 is 0.944. The Bertz CT molecular complexity index is 1040. The highest BCUT2D eigenvalue weighted by atomic mass is 79.9. The highest BCUT2D eigenvalue weighted by molar-refractivity contribution is 9.10. The molecule has 3 aromatic carbocycles. The number of hydrogen-bond acceptors (Lipinski definition) is 3. The molecule has 0 saturated heterocycles. The maximum atomic E-state index is 11.6. The Morgan fingerprint density at radius 1 is 0.968 bits per heavy atom. The molecule has 2 atom stereocenters. The number of benzene rings is 3. The molecule has 5 heteroatoms. The molecule has 0 aromatic heterocycles. The SMILES string of the molecule is Cc1ccc(C2CC=C(C(=O)O)C(c3cccc(Br)c3)N2)cc1.Cc1ccc(S)cc1. The first kappa shape index (κ1) is 23.3. The number of hydrogen-bond donors (Lipinski definition) is 3. The van der Waals surface area contributed by atoms with Gasteiger partial charge < -0.3 is 5.11 Å². The lowest BCUT2D eigenvalue weighted by Gasteiger charge is -2.31. The van der Waals surface area contributed by atoms with Crippen molar-refractivity contribution in [2.24, 2.45) is 0 Å². The van der Waals surface area contributed by atoms with Gasteiger partial charge in [0.05, 0.1) is 11.6 Å². The second-order valence-corrected chi connectivity index (χ2v) is 9.09. The van der Waals surface area contributed by atoms with Crippen LogP contribution in [-0.4, -0.2) is 11.1 Å². The third kappa shape index (κ3) is 6.57. The zero-order valence-corrected chi connectivity index (χ0v) is 20.0. The highest BCUT2D eigenvalue weighted by Gasteiger charge is 2.29. The smallest absolute Gasteiger partial charge is 0.333 e. The summed E-state index contributed by atoms with van der Waals surface area (Å²) in [6.45, 7) is 4.12. The van der Waals surface area contributed by atoms with E-state index in [9.17, 15) is 9.90 Å². The van der Waals surface area contributed by atoms with E-state index in [1.165, 1.54) is 16.7 Å². The molecule has 0 radical (unpaired) electrons. The third-order valence-electron chi connectivity index (χ3n) is 5.19. The van der Waals surface area contributed by atoms with Gasteiger partial charge in [0, 0.05) is 15.4 Å². The van der Waals surface area contributed by atoms with Crippen LogP contribution in [0.15, 0.2) is 93.8 Å². The Morgan fingerprint density at radius 3 is 2.13 bits per heavy atom. The predicted molar refractivity (Wildman–Crippen MR) is 133 cm³/mol. The summed E-state index contributed by atoms with van der Waals surface area (Å²) in [7, 11) is 0. The van der Waals surface area contributed by atoms with Gasteiger partial charge in [0.25, 0.3) is 0 Å². The first-order valence-electron chi connectivity index (χ1n) is 10.1. The molecule has 0 spiro atoms. The van der Waals surface area contributed by atoms with Crippen molar-refractivity contribution in [1.82, 2.24) is 5.32 Å². The van der Waals surface area contributed by atoms with Crippen LogP contribution in [0.1, 0.15) is 40.8 Å². The molecule has 0 fully saturated rings. The van der Waals surface area contributed by atoms with Crippen molar-refractivity contribution in [3.05, 3.63) is 111 Å². The van der Waals surface area contributed by atoms with E-state index in [1.54, 1.807) is 0 Å². The van der Waals surface area contributed by atoms with Crippen LogP contribution in [0.3, 0.4) is 0 Å². The molecule has 1 aliphatic rings. The normalized spacial score (nSPS) is 17.9. The largest absolute Gasteiger partial charge is 0.478 e. The van der Waals surface area contributed by atoms with Gasteiger partial charge in [-0.1, -0.05) is 81.7 Å². The Morgan fingerprint density at radius 2 is 1.58 bits per heavy atom. The van der Waals surface area contributed by atoms with E-state index >= 15 is 0 Å². The van der Waals surface area contributed by atoms with Crippen molar-refractivity contribution in [2.75, 3.05) is 0 Å². The molecule has 160 valence electrons. The van der Waals surface area contributed by atoms with Crippen molar-refractivity contribution in [3.63, 3.8) is 0 Å². The molecular formula is C26H26BrNO2S. The number of thiol groups is 1. The minimum atomic E-state index is -0.871. The zero-order chi connectivity index (χ0) is 22.4. The van der Waals surface area contributed by atoms with Crippen molar-refractivity contribution >= 4 is 34.5 Å². The molecule has 1 heterocycles. The van der Waals surface area contributed by atoms with Gasteiger partial charge in [-0.15, -0.1) is 12.6 Å². The third-order valence-corrected chi connectivity index (χ3v) is 5.99. The molecule has 3 aromatic rings. The number of rotatable bonds is 3. The van der Waals surface area contributed by atoms with E-state index in [2.05, 4.69) is 72.0 Å². The van der Waals surface area contributed by atoms with Crippen LogP contribution in [0.2, 0.25) is 0 Å². The quantitative estimate of drug-likeness (QED) is 0.349. The summed E-state index contributed by atoms with van der Waals surface area (Å²) in [5, 5.41) is 13.0. The predicted octanol–water partition coefficient (Wildman–Crippen LogP) is 6.83. The van der Waals surface area contributed by atoms with E-state index in [0.717, 1.165) is 14.9 Å². The number of carboxylic acids is 1. The van der Waals surface area contributed by atoms with Crippen LogP contribution in [0, 0.1) is 13.8 Å². The van der Waals surface area contributed by atoms with Gasteiger partial charge in [0.15, 0.2) is 0 Å². The first-order chi connectivity index (χ1) is 14.8. The van der Waals surface area contributed by atoms with Gasteiger partial charge in [0.1, 0.15) is 0 Å². The lowest BCUT2D eigenvalue weighted by atomic mass is 9.89. The fraction of sp³-hybridized carbons (Fsp3) is 0.192. The molecule has 0 saturated carbocycles. The number of nitrogens with one attached hydrogen (secondary N) is 1. The van der Waals surface area contributed by atoms with E-state index in [0.29, 0.717) is 12.0 Å². The zero-order valence-electron chi connectivity index (χ0n) is 17.5. The number of halogens is 1. The fourth-order valence-electron chi connectivity index (χ4n) is 3.47. The van der Waals surface area contributed by atoms with E-state index in [1.807, 2.05) is 54.6 Å². The highest BCUT2D eigenvalue weighted by Crippen LogP contribution is 2.34. The van der Waals surface area contributed by atoms with E-state index < -0.39 is 5.97 Å². The standard InChI is InChI=1S/C19H18BrNO2.C7H8S/c1-12-5-7-13(8-6-12)17-10-9-16(19(22)23)18(21-17)14-3-2-4-15(20)11-14;1-6-2-4-7(8)5-3-6/h2-9,11,17-18,21H,10H2,1H3,(H,22,23);2-5,8H,1H3. The maximum Gasteiger partial charge on any atom is 0.333 e. The molecule has 0 aliphatic carbocycles. The fourth-order valence-corrected chi connectivity index (χ4v) is 4.04. The Balaban J connectivity index is 0.000000287. The molecule has 3 nitrogen and oxygen atoms in total. The average molecular weight is 496 g/mol. The van der Waals surface area contributed by atoms with Crippen LogP contribution in [-0.2, 0) is 4.79 Å². The molecule has 0 bridgehead atoms. The number of carboxylic acid groups (broad SMARTS) is 1. The van der Waals surface area contributed by atoms with Gasteiger partial charge >= 0.3 is 5.97 Å². The molecule has 0 amide bonds. The van der Waals surface area contributed by atoms with Crippen molar-refractivity contribution in [3.8, 4) is 0 Å². The second kappa shape index (κ2) is 10.8. The van der Waals surface area contributed by atoms with Crippen LogP contribution >= 0.6 is 28.6 Å². The number of carbonyl (C=O) groups is 1. The Hall–Kier alpha value is -2.34. The van der Waals surface area contributed by atoms with Gasteiger partial charge in [-0.05, 0) is 55.7 Å². The molecule has 4 rings (SSSR count). The van der Waals surface area contributed by atoms with Crippen LogP contribution < -0.4 is 5.32 Å². The maximum absolute atomic E-state index is 11.6. The van der Waals surface area contributed by atoms with Crippen molar-refractivity contribution in [1.29, 1.82) is 0 Å². The molecular weight excluding hydrogens is 470 g/mol. The minimum Gasteiger partial charge on any atom is -0.478 e. The summed E-state index contributed by atoms with van der Waals surface area (Å²) in [5.41, 5.74) is 5.03. The average Bonchev–Trinajstić information content (AvgIpc) is 2.76. The Kier molecular flexibility index (Phi) is 8.13. The second-order valence-electron chi connectivity index (χ2n) is 7.65. The minimum absolute atomic E-state index is 0.114. The van der Waals surface area contributed by atoms with Gasteiger partial charge in [-0.2, -0.15) is 0 Å². The molecule has 31 heavy (non-hydrogen) atoms. The van der Waals surface area contributed by atoms with Crippen molar-refractivity contribution in [2.45, 2.75) is 37.2 Å². The number of aryl methyl sites for hydroxylation is 2. The van der Waals surface area contributed by atoms with Crippen LogP contribution in [0.4, 0.5) is 0 Å². The molecule has 2 N–H and O–H groups in total. The van der Waals surface area contributed by atoms with Gasteiger partial charge in [-0.25, -0.2) is 4.79 Å².